The van der Waals surface area contributed by atoms with Gasteiger partial charge >= 0.3 is 0 Å². The molecule has 0 unspecified atom stereocenters. The molecule has 0 heterocycles. The first-order chi connectivity index (χ1) is 15.4. The minimum Gasteiger partial charge on any atom is -0.352 e. The molecule has 1 saturated carbocycles. The summed E-state index contributed by atoms with van der Waals surface area (Å²) in [7, 11) is 0. The zero-order valence-electron chi connectivity index (χ0n) is 19.6. The first-order valence-electron chi connectivity index (χ1n) is 11.7. The van der Waals surface area contributed by atoms with Gasteiger partial charge in [0.25, 0.3) is 0 Å². The van der Waals surface area contributed by atoms with Crippen LogP contribution in [-0.4, -0.2) is 34.6 Å². The summed E-state index contributed by atoms with van der Waals surface area (Å²) in [6.45, 7) is 6.43. The summed E-state index contributed by atoms with van der Waals surface area (Å²) < 4.78 is 0. The van der Waals surface area contributed by atoms with Gasteiger partial charge in [-0.05, 0) is 44.7 Å². The summed E-state index contributed by atoms with van der Waals surface area (Å²) in [6, 6.07) is 16.3. The number of hydrogen-bond acceptors (Lipinski definition) is 3. The molecule has 5 heteroatoms. The minimum atomic E-state index is -0.495. The van der Waals surface area contributed by atoms with Crippen LogP contribution in [0.5, 0.6) is 0 Å². The van der Waals surface area contributed by atoms with Crippen molar-refractivity contribution in [1.29, 1.82) is 0 Å². The van der Waals surface area contributed by atoms with E-state index in [1.807, 2.05) is 19.1 Å². The average Bonchev–Trinajstić information content (AvgIpc) is 2.79. The zero-order valence-corrected chi connectivity index (χ0v) is 20.4. The standard InChI is InChI=1S/C27H36N2O2S/c1-20-12-14-23(15-13-20)17-29(22(3)27(31)28-25-10-5-4-6-11-25)26(30)19-32-18-24-9-7-8-21(2)16-24/h7-9,12-16,22,25H,4-6,10-11,17-19H2,1-3H3,(H,28,31)/t22-/m0/s1. The van der Waals surface area contributed by atoms with Gasteiger partial charge in [-0.25, -0.2) is 0 Å². The lowest BCUT2D eigenvalue weighted by Gasteiger charge is -2.31. The van der Waals surface area contributed by atoms with Gasteiger partial charge in [-0.1, -0.05) is 78.9 Å². The van der Waals surface area contributed by atoms with Crippen molar-refractivity contribution in [1.82, 2.24) is 10.2 Å². The molecule has 4 nitrogen and oxygen atoms in total. The lowest BCUT2D eigenvalue weighted by atomic mass is 9.95. The molecule has 32 heavy (non-hydrogen) atoms. The highest BCUT2D eigenvalue weighted by Gasteiger charge is 2.28. The lowest BCUT2D eigenvalue weighted by Crippen LogP contribution is -2.50. The molecule has 0 bridgehead atoms. The third kappa shape index (κ3) is 7.40. The van der Waals surface area contributed by atoms with Gasteiger partial charge in [0.2, 0.25) is 11.8 Å². The molecule has 0 radical (unpaired) electrons. The van der Waals surface area contributed by atoms with E-state index in [9.17, 15) is 9.59 Å². The number of carbonyl (C=O) groups is 2. The summed E-state index contributed by atoms with van der Waals surface area (Å²) in [4.78, 5) is 28.0. The lowest BCUT2D eigenvalue weighted by molar-refractivity contribution is -0.139. The monoisotopic (exact) mass is 452 g/mol. The highest BCUT2D eigenvalue weighted by Crippen LogP contribution is 2.19. The van der Waals surface area contributed by atoms with E-state index in [0.29, 0.717) is 12.3 Å². The van der Waals surface area contributed by atoms with Crippen LogP contribution in [0.15, 0.2) is 48.5 Å². The maximum absolute atomic E-state index is 13.2. The molecule has 2 aromatic carbocycles. The second-order valence-corrected chi connectivity index (χ2v) is 9.99. The van der Waals surface area contributed by atoms with Gasteiger partial charge in [-0.2, -0.15) is 0 Å². The normalized spacial score (nSPS) is 15.2. The molecule has 1 aliphatic rings. The average molecular weight is 453 g/mol. The fourth-order valence-electron chi connectivity index (χ4n) is 4.18. The van der Waals surface area contributed by atoms with Gasteiger partial charge in [-0.3, -0.25) is 9.59 Å². The predicted octanol–water partition coefficient (Wildman–Crippen LogP) is 5.40. The van der Waals surface area contributed by atoms with Crippen LogP contribution in [0.1, 0.15) is 61.3 Å². The number of thioether (sulfide) groups is 1. The number of benzene rings is 2. The van der Waals surface area contributed by atoms with Gasteiger partial charge in [-0.15, -0.1) is 11.8 Å². The number of amides is 2. The molecular formula is C27H36N2O2S. The maximum atomic E-state index is 13.2. The van der Waals surface area contributed by atoms with Gasteiger partial charge in [0.1, 0.15) is 6.04 Å². The smallest absolute Gasteiger partial charge is 0.242 e. The van der Waals surface area contributed by atoms with Crippen molar-refractivity contribution in [3.8, 4) is 0 Å². The highest BCUT2D eigenvalue weighted by molar-refractivity contribution is 7.99. The number of carbonyl (C=O) groups excluding carboxylic acids is 2. The molecule has 0 aromatic heterocycles. The maximum Gasteiger partial charge on any atom is 0.242 e. The SMILES string of the molecule is Cc1ccc(CN(C(=O)CSCc2cccc(C)c2)[C@@H](C)C(=O)NC2CCCCC2)cc1. The molecule has 1 atom stereocenters. The summed E-state index contributed by atoms with van der Waals surface area (Å²) in [5.41, 5.74) is 4.67. The van der Waals surface area contributed by atoms with E-state index in [0.717, 1.165) is 24.2 Å². The Kier molecular flexibility index (Phi) is 9.22. The summed E-state index contributed by atoms with van der Waals surface area (Å²) in [5, 5.41) is 3.20. The van der Waals surface area contributed by atoms with E-state index in [1.54, 1.807) is 16.7 Å². The Balaban J connectivity index is 1.64. The van der Waals surface area contributed by atoms with Crippen LogP contribution in [0.4, 0.5) is 0 Å². The van der Waals surface area contributed by atoms with Crippen molar-refractivity contribution in [2.45, 2.75) is 77.3 Å². The van der Waals surface area contributed by atoms with Gasteiger partial charge in [0.05, 0.1) is 5.75 Å². The summed E-state index contributed by atoms with van der Waals surface area (Å²) in [5.74, 6) is 1.12. The van der Waals surface area contributed by atoms with Crippen LogP contribution in [0.25, 0.3) is 0 Å². The van der Waals surface area contributed by atoms with Crippen molar-refractivity contribution in [2.75, 3.05) is 5.75 Å². The van der Waals surface area contributed by atoms with E-state index in [4.69, 9.17) is 0 Å². The number of aryl methyl sites for hydroxylation is 2. The zero-order chi connectivity index (χ0) is 22.9. The Morgan fingerprint density at radius 3 is 2.41 bits per heavy atom. The van der Waals surface area contributed by atoms with Crippen molar-refractivity contribution < 1.29 is 9.59 Å². The Morgan fingerprint density at radius 2 is 1.72 bits per heavy atom. The van der Waals surface area contributed by atoms with Gasteiger partial charge in [0.15, 0.2) is 0 Å². The van der Waals surface area contributed by atoms with E-state index >= 15 is 0 Å². The van der Waals surface area contributed by atoms with Crippen LogP contribution in [0, 0.1) is 13.8 Å². The van der Waals surface area contributed by atoms with Gasteiger partial charge in [0, 0.05) is 18.3 Å². The topological polar surface area (TPSA) is 49.4 Å². The first kappa shape index (κ1) is 24.4. The molecule has 3 rings (SSSR count). The van der Waals surface area contributed by atoms with E-state index < -0.39 is 6.04 Å². The Labute approximate surface area is 197 Å². The van der Waals surface area contributed by atoms with Crippen molar-refractivity contribution in [2.24, 2.45) is 0 Å². The molecule has 0 aliphatic heterocycles. The molecule has 0 saturated heterocycles. The van der Waals surface area contributed by atoms with Gasteiger partial charge < -0.3 is 10.2 Å². The Morgan fingerprint density at radius 1 is 1.00 bits per heavy atom. The third-order valence-electron chi connectivity index (χ3n) is 6.17. The third-order valence-corrected chi connectivity index (χ3v) is 7.16. The Hall–Kier alpha value is -2.27. The van der Waals surface area contributed by atoms with E-state index in [-0.39, 0.29) is 17.9 Å². The first-order valence-corrected chi connectivity index (χ1v) is 12.9. The van der Waals surface area contributed by atoms with Crippen LogP contribution in [0.2, 0.25) is 0 Å². The van der Waals surface area contributed by atoms with Crippen molar-refractivity contribution in [3.05, 3.63) is 70.8 Å². The Bertz CT molecular complexity index is 891. The second-order valence-electron chi connectivity index (χ2n) is 9.01. The summed E-state index contributed by atoms with van der Waals surface area (Å²) >= 11 is 1.61. The van der Waals surface area contributed by atoms with Crippen LogP contribution in [-0.2, 0) is 21.9 Å². The number of rotatable bonds is 9. The molecule has 2 amide bonds. The van der Waals surface area contributed by atoms with Crippen LogP contribution >= 0.6 is 11.8 Å². The van der Waals surface area contributed by atoms with Crippen molar-refractivity contribution in [3.63, 3.8) is 0 Å². The summed E-state index contributed by atoms with van der Waals surface area (Å²) in [6.07, 6.45) is 5.66. The largest absolute Gasteiger partial charge is 0.352 e. The quantitative estimate of drug-likeness (QED) is 0.554. The second kappa shape index (κ2) is 12.1. The van der Waals surface area contributed by atoms with Crippen LogP contribution < -0.4 is 5.32 Å². The fraction of sp³-hybridized carbons (Fsp3) is 0.481. The number of hydrogen-bond donors (Lipinski definition) is 1. The predicted molar refractivity (Wildman–Crippen MR) is 134 cm³/mol. The van der Waals surface area contributed by atoms with E-state index in [2.05, 4.69) is 55.6 Å². The highest BCUT2D eigenvalue weighted by atomic mass is 32.2. The molecule has 1 fully saturated rings. The molecule has 1 N–H and O–H groups in total. The molecular weight excluding hydrogens is 416 g/mol. The number of nitrogens with zero attached hydrogens (tertiary/aromatic N) is 1. The molecule has 172 valence electrons. The molecule has 2 aromatic rings. The minimum absolute atomic E-state index is 0.00882. The molecule has 1 aliphatic carbocycles. The molecule has 0 spiro atoms. The number of nitrogens with one attached hydrogen (secondary N) is 1. The van der Waals surface area contributed by atoms with Crippen LogP contribution in [0.3, 0.4) is 0 Å². The van der Waals surface area contributed by atoms with E-state index in [1.165, 1.54) is 36.0 Å². The van der Waals surface area contributed by atoms with Crippen molar-refractivity contribution >= 4 is 23.6 Å². The fourth-order valence-corrected chi connectivity index (χ4v) is 5.04.